The average Bonchev–Trinajstić information content (AvgIpc) is 3.25. The molecule has 3 aromatic rings. The van der Waals surface area contributed by atoms with Crippen LogP contribution >= 0.6 is 11.6 Å². The van der Waals surface area contributed by atoms with Crippen LogP contribution in [0.2, 0.25) is 5.02 Å². The van der Waals surface area contributed by atoms with E-state index in [-0.39, 0.29) is 35.8 Å². The first-order valence-corrected chi connectivity index (χ1v) is 9.64. The van der Waals surface area contributed by atoms with Crippen molar-refractivity contribution in [2.75, 3.05) is 12.4 Å². The normalized spacial score (nSPS) is 10.5. The van der Waals surface area contributed by atoms with Crippen LogP contribution in [0.4, 0.5) is 5.69 Å². The Kier molecular flexibility index (Phi) is 6.64. The Morgan fingerprint density at radius 2 is 1.83 bits per heavy atom. The van der Waals surface area contributed by atoms with Crippen molar-refractivity contribution in [3.63, 3.8) is 0 Å². The van der Waals surface area contributed by atoms with Gasteiger partial charge in [-0.15, -0.1) is 0 Å². The summed E-state index contributed by atoms with van der Waals surface area (Å²) in [5, 5.41) is 3.08. The summed E-state index contributed by atoms with van der Waals surface area (Å²) < 4.78 is 5.14. The van der Waals surface area contributed by atoms with Crippen molar-refractivity contribution >= 4 is 34.8 Å². The highest BCUT2D eigenvalue weighted by atomic mass is 35.5. The summed E-state index contributed by atoms with van der Waals surface area (Å²) in [7, 11) is 1.52. The Balaban J connectivity index is 1.68. The molecule has 0 saturated carbocycles. The first-order valence-electron chi connectivity index (χ1n) is 9.26. The zero-order valence-corrected chi connectivity index (χ0v) is 17.2. The SMILES string of the molecule is CCC(=O)c1nc[nH]c1C(=O)Nc1ccc(CC(=O)c2cc(OC)ccc2Cl)cc1. The highest BCUT2D eigenvalue weighted by Gasteiger charge is 2.19. The van der Waals surface area contributed by atoms with Gasteiger partial charge in [0.1, 0.15) is 17.1 Å². The third-order valence-electron chi connectivity index (χ3n) is 4.50. The summed E-state index contributed by atoms with van der Waals surface area (Å²) in [6.07, 6.45) is 1.72. The number of benzene rings is 2. The molecule has 3 rings (SSSR count). The van der Waals surface area contributed by atoms with E-state index in [0.29, 0.717) is 22.0 Å². The highest BCUT2D eigenvalue weighted by molar-refractivity contribution is 6.34. The molecule has 0 aliphatic rings. The van der Waals surface area contributed by atoms with Gasteiger partial charge in [0.15, 0.2) is 11.6 Å². The maximum atomic E-state index is 12.6. The van der Waals surface area contributed by atoms with Gasteiger partial charge in [0.25, 0.3) is 5.91 Å². The number of halogens is 1. The van der Waals surface area contributed by atoms with Crippen molar-refractivity contribution in [1.82, 2.24) is 9.97 Å². The molecular weight excluding hydrogens is 406 g/mol. The lowest BCUT2D eigenvalue weighted by atomic mass is 10.0. The van der Waals surface area contributed by atoms with Crippen molar-refractivity contribution in [3.8, 4) is 5.75 Å². The highest BCUT2D eigenvalue weighted by Crippen LogP contribution is 2.24. The molecule has 8 heteroatoms. The predicted molar refractivity (Wildman–Crippen MR) is 114 cm³/mol. The summed E-state index contributed by atoms with van der Waals surface area (Å²) in [6.45, 7) is 1.71. The molecule has 0 spiro atoms. The Morgan fingerprint density at radius 3 is 2.50 bits per heavy atom. The van der Waals surface area contributed by atoms with E-state index in [1.165, 1.54) is 13.4 Å². The number of carbonyl (C=O) groups excluding carboxylic acids is 3. The molecule has 1 aromatic heterocycles. The van der Waals surface area contributed by atoms with E-state index >= 15 is 0 Å². The number of ketones is 2. The molecule has 0 radical (unpaired) electrons. The maximum absolute atomic E-state index is 12.6. The van der Waals surface area contributed by atoms with Gasteiger partial charge in [-0.1, -0.05) is 30.7 Å². The van der Waals surface area contributed by atoms with E-state index in [1.54, 1.807) is 49.4 Å². The summed E-state index contributed by atoms with van der Waals surface area (Å²) >= 11 is 6.14. The number of imidazole rings is 1. The average molecular weight is 426 g/mol. The lowest BCUT2D eigenvalue weighted by Crippen LogP contribution is -2.16. The molecule has 1 heterocycles. The van der Waals surface area contributed by atoms with Gasteiger partial charge < -0.3 is 15.0 Å². The molecule has 7 nitrogen and oxygen atoms in total. The smallest absolute Gasteiger partial charge is 0.274 e. The third-order valence-corrected chi connectivity index (χ3v) is 4.83. The minimum Gasteiger partial charge on any atom is -0.497 e. The van der Waals surface area contributed by atoms with Crippen LogP contribution in [0.5, 0.6) is 5.75 Å². The molecule has 0 saturated heterocycles. The van der Waals surface area contributed by atoms with Crippen molar-refractivity contribution < 1.29 is 19.1 Å². The number of aromatic nitrogens is 2. The number of aromatic amines is 1. The van der Waals surface area contributed by atoms with Crippen molar-refractivity contribution in [2.45, 2.75) is 19.8 Å². The lowest BCUT2D eigenvalue weighted by molar-refractivity contribution is 0.0963. The molecule has 30 heavy (non-hydrogen) atoms. The number of Topliss-reactive ketones (excluding diaryl/α,β-unsaturated/α-hetero) is 2. The Hall–Kier alpha value is -3.45. The number of carbonyl (C=O) groups is 3. The fraction of sp³-hybridized carbons (Fsp3) is 0.182. The first-order chi connectivity index (χ1) is 14.4. The first kappa shape index (κ1) is 21.3. The van der Waals surface area contributed by atoms with Gasteiger partial charge in [0.05, 0.1) is 18.5 Å². The van der Waals surface area contributed by atoms with Crippen molar-refractivity contribution in [2.24, 2.45) is 0 Å². The number of nitrogens with zero attached hydrogens (tertiary/aromatic N) is 1. The van der Waals surface area contributed by atoms with Gasteiger partial charge in [-0.2, -0.15) is 0 Å². The minimum absolute atomic E-state index is 0.118. The second kappa shape index (κ2) is 9.37. The van der Waals surface area contributed by atoms with Crippen LogP contribution in [0.1, 0.15) is 50.2 Å². The van der Waals surface area contributed by atoms with E-state index in [2.05, 4.69) is 15.3 Å². The Morgan fingerprint density at radius 1 is 1.10 bits per heavy atom. The molecule has 154 valence electrons. The van der Waals surface area contributed by atoms with Gasteiger partial charge in [-0.25, -0.2) is 4.98 Å². The van der Waals surface area contributed by atoms with Crippen molar-refractivity contribution in [3.05, 3.63) is 76.3 Å². The minimum atomic E-state index is -0.462. The van der Waals surface area contributed by atoms with Crippen LogP contribution in [0.3, 0.4) is 0 Å². The number of amides is 1. The maximum Gasteiger partial charge on any atom is 0.274 e. The number of rotatable bonds is 8. The molecule has 2 aromatic carbocycles. The van der Waals surface area contributed by atoms with Crippen LogP contribution in [0, 0.1) is 0 Å². The number of methoxy groups -OCH3 is 1. The molecule has 2 N–H and O–H groups in total. The zero-order chi connectivity index (χ0) is 21.7. The van der Waals surface area contributed by atoms with E-state index in [9.17, 15) is 14.4 Å². The third kappa shape index (κ3) is 4.75. The van der Waals surface area contributed by atoms with Crippen LogP contribution < -0.4 is 10.1 Å². The molecular formula is C22H20ClN3O4. The van der Waals surface area contributed by atoms with Crippen LogP contribution in [0.15, 0.2) is 48.8 Å². The van der Waals surface area contributed by atoms with Crippen LogP contribution in [0.25, 0.3) is 0 Å². The Labute approximate surface area is 178 Å². The molecule has 0 atom stereocenters. The van der Waals surface area contributed by atoms with Gasteiger partial charge >= 0.3 is 0 Å². The van der Waals surface area contributed by atoms with E-state index in [1.807, 2.05) is 0 Å². The fourth-order valence-corrected chi connectivity index (χ4v) is 3.09. The number of H-pyrrole nitrogens is 1. The monoisotopic (exact) mass is 425 g/mol. The summed E-state index contributed by atoms with van der Waals surface area (Å²) in [5.41, 5.74) is 1.92. The van der Waals surface area contributed by atoms with Crippen LogP contribution in [-0.2, 0) is 6.42 Å². The van der Waals surface area contributed by atoms with E-state index in [0.717, 1.165) is 5.56 Å². The van der Waals surface area contributed by atoms with E-state index < -0.39 is 5.91 Å². The molecule has 0 unspecified atom stereocenters. The molecule has 0 fully saturated rings. The van der Waals surface area contributed by atoms with E-state index in [4.69, 9.17) is 16.3 Å². The number of nitrogens with one attached hydrogen (secondary N) is 2. The number of hydrogen-bond donors (Lipinski definition) is 2. The number of anilines is 1. The Bertz CT molecular complexity index is 1090. The predicted octanol–water partition coefficient (Wildman–Crippen LogP) is 4.34. The topological polar surface area (TPSA) is 101 Å². The van der Waals surface area contributed by atoms with Gasteiger partial charge in [-0.05, 0) is 35.9 Å². The summed E-state index contributed by atoms with van der Waals surface area (Å²) in [6, 6.07) is 11.8. The summed E-state index contributed by atoms with van der Waals surface area (Å²) in [5.74, 6) is -0.265. The van der Waals surface area contributed by atoms with Crippen LogP contribution in [-0.4, -0.2) is 34.6 Å². The number of hydrogen-bond acceptors (Lipinski definition) is 5. The second-order valence-corrected chi connectivity index (χ2v) is 6.91. The molecule has 1 amide bonds. The van der Waals surface area contributed by atoms with Gasteiger partial charge in [0.2, 0.25) is 0 Å². The fourth-order valence-electron chi connectivity index (χ4n) is 2.87. The molecule has 0 aliphatic carbocycles. The molecule has 0 aliphatic heterocycles. The quantitative estimate of drug-likeness (QED) is 0.523. The van der Waals surface area contributed by atoms with Gasteiger partial charge in [-0.3, -0.25) is 14.4 Å². The second-order valence-electron chi connectivity index (χ2n) is 6.50. The molecule has 0 bridgehead atoms. The lowest BCUT2D eigenvalue weighted by Gasteiger charge is -2.08. The van der Waals surface area contributed by atoms with Gasteiger partial charge in [0, 0.05) is 24.1 Å². The zero-order valence-electron chi connectivity index (χ0n) is 16.5. The standard InChI is InChI=1S/C22H20ClN3O4/c1-3-18(27)20-21(25-12-24-20)22(29)26-14-6-4-13(5-7-14)10-19(28)16-11-15(30-2)8-9-17(16)23/h4-9,11-12H,3,10H2,1-2H3,(H,24,25)(H,26,29). The van der Waals surface area contributed by atoms with Crippen molar-refractivity contribution in [1.29, 1.82) is 0 Å². The summed E-state index contributed by atoms with van der Waals surface area (Å²) in [4.78, 5) is 43.5. The number of ether oxygens (including phenoxy) is 1. The largest absolute Gasteiger partial charge is 0.497 e.